The molecule has 50 heavy (non-hydrogen) atoms. The van der Waals surface area contributed by atoms with E-state index >= 15 is 0 Å². The average Bonchev–Trinajstić information content (AvgIpc) is 3.66. The van der Waals surface area contributed by atoms with E-state index in [1.807, 2.05) is 7.11 Å². The van der Waals surface area contributed by atoms with Gasteiger partial charge in [-0.15, -0.1) is 0 Å². The molecule has 16 unspecified atom stereocenters. The van der Waals surface area contributed by atoms with Crippen LogP contribution in [0.3, 0.4) is 0 Å². The number of aliphatic hydroxyl groups excluding tert-OH is 2. The van der Waals surface area contributed by atoms with Crippen molar-refractivity contribution in [2.24, 2.45) is 63.6 Å². The number of rotatable bonds is 7. The highest BCUT2D eigenvalue weighted by molar-refractivity contribution is 5.24. The fourth-order valence-electron chi connectivity index (χ4n) is 16.6. The minimum Gasteiger partial charge on any atom is -0.393 e. The fourth-order valence-corrected chi connectivity index (χ4v) is 16.6. The second-order valence-corrected chi connectivity index (χ2v) is 20.4. The number of hydrogen-bond donors (Lipinski definition) is 3. The van der Waals surface area contributed by atoms with Crippen LogP contribution in [0, 0.1) is 63.6 Å². The molecular formula is C45H69NO4. The van der Waals surface area contributed by atoms with E-state index in [0.717, 1.165) is 57.6 Å². The summed E-state index contributed by atoms with van der Waals surface area (Å²) < 4.78 is 5.47. The largest absolute Gasteiger partial charge is 0.393 e. The number of fused-ring (bicyclic) bond motifs is 4. The van der Waals surface area contributed by atoms with Gasteiger partial charge < -0.3 is 20.1 Å². The molecule has 5 heteroatoms. The SMILES string of the molecule is COCCCC(CC1CCC2(C1)CC13CCCC4(CC(O)C1CC2O)C1CCC2C(CN5CC(C)CCC5C2(C)O)C1CC34)c1ccccc1. The second-order valence-electron chi connectivity index (χ2n) is 20.4. The molecule has 1 aromatic rings. The summed E-state index contributed by atoms with van der Waals surface area (Å²) in [5.41, 5.74) is 1.33. The normalized spacial score (nSPS) is 51.7. The molecule has 278 valence electrons. The Balaban J connectivity index is 0.994. The first-order valence-corrected chi connectivity index (χ1v) is 21.5. The maximum atomic E-state index is 12.3. The highest BCUT2D eigenvalue weighted by Crippen LogP contribution is 2.78. The fraction of sp³-hybridized carbons (Fsp3) is 0.867. The van der Waals surface area contributed by atoms with E-state index in [1.54, 1.807) is 0 Å². The molecule has 0 aromatic heterocycles. The summed E-state index contributed by atoms with van der Waals surface area (Å²) in [6.07, 6.45) is 19.5. The van der Waals surface area contributed by atoms with Crippen molar-refractivity contribution in [3.8, 4) is 0 Å². The first-order valence-electron chi connectivity index (χ1n) is 21.5. The number of methoxy groups -OCH3 is 1. The Morgan fingerprint density at radius 2 is 1.68 bits per heavy atom. The van der Waals surface area contributed by atoms with Gasteiger partial charge in [-0.05, 0) is 185 Å². The molecule has 6 aliphatic carbocycles. The molecular weight excluding hydrogens is 618 g/mol. The molecule has 1 aromatic carbocycles. The molecule has 2 aliphatic heterocycles. The van der Waals surface area contributed by atoms with Crippen molar-refractivity contribution in [3.05, 3.63) is 35.9 Å². The molecule has 0 amide bonds. The summed E-state index contributed by atoms with van der Waals surface area (Å²) in [5.74, 6) is 5.27. The first kappa shape index (κ1) is 34.8. The quantitative estimate of drug-likeness (QED) is 0.252. The lowest BCUT2D eigenvalue weighted by Crippen LogP contribution is -2.67. The number of hydrogen-bond acceptors (Lipinski definition) is 5. The van der Waals surface area contributed by atoms with E-state index in [2.05, 4.69) is 49.1 Å². The summed E-state index contributed by atoms with van der Waals surface area (Å²) >= 11 is 0. The van der Waals surface area contributed by atoms with Gasteiger partial charge >= 0.3 is 0 Å². The first-order chi connectivity index (χ1) is 24.1. The van der Waals surface area contributed by atoms with E-state index in [1.165, 1.54) is 82.7 Å². The third-order valence-corrected chi connectivity index (χ3v) is 18.3. The molecule has 0 radical (unpaired) electrons. The third-order valence-electron chi connectivity index (χ3n) is 18.3. The van der Waals surface area contributed by atoms with Crippen LogP contribution in [0.5, 0.6) is 0 Å². The number of piperidine rings is 2. The lowest BCUT2D eigenvalue weighted by Gasteiger charge is -2.68. The Morgan fingerprint density at radius 3 is 2.50 bits per heavy atom. The number of benzene rings is 1. The van der Waals surface area contributed by atoms with Crippen LogP contribution in [-0.2, 0) is 4.74 Å². The number of aliphatic hydroxyl groups is 3. The molecule has 2 spiro atoms. The van der Waals surface area contributed by atoms with Gasteiger partial charge in [0.1, 0.15) is 0 Å². The van der Waals surface area contributed by atoms with Crippen molar-refractivity contribution in [3.63, 3.8) is 0 Å². The van der Waals surface area contributed by atoms with Crippen molar-refractivity contribution < 1.29 is 20.1 Å². The van der Waals surface area contributed by atoms with Gasteiger partial charge in [-0.3, -0.25) is 4.90 Å². The molecule has 2 heterocycles. The van der Waals surface area contributed by atoms with E-state index in [9.17, 15) is 15.3 Å². The zero-order valence-corrected chi connectivity index (χ0v) is 31.7. The molecule has 8 fully saturated rings. The van der Waals surface area contributed by atoms with E-state index < -0.39 is 5.60 Å². The monoisotopic (exact) mass is 688 g/mol. The van der Waals surface area contributed by atoms with Crippen LogP contribution in [0.4, 0.5) is 0 Å². The van der Waals surface area contributed by atoms with Crippen LogP contribution < -0.4 is 0 Å². The molecule has 8 aliphatic rings. The van der Waals surface area contributed by atoms with Crippen LogP contribution in [0.1, 0.15) is 134 Å². The zero-order valence-electron chi connectivity index (χ0n) is 31.7. The summed E-state index contributed by atoms with van der Waals surface area (Å²) in [4.78, 5) is 2.74. The second kappa shape index (κ2) is 12.8. The van der Waals surface area contributed by atoms with Crippen LogP contribution in [0.2, 0.25) is 0 Å². The van der Waals surface area contributed by atoms with Gasteiger partial charge in [0.2, 0.25) is 0 Å². The van der Waals surface area contributed by atoms with Gasteiger partial charge in [-0.2, -0.15) is 0 Å². The van der Waals surface area contributed by atoms with Crippen molar-refractivity contribution in [2.45, 2.75) is 153 Å². The van der Waals surface area contributed by atoms with Crippen molar-refractivity contribution in [1.82, 2.24) is 4.90 Å². The summed E-state index contributed by atoms with van der Waals surface area (Å²) in [5, 5.41) is 36.7. The zero-order chi connectivity index (χ0) is 34.5. The van der Waals surface area contributed by atoms with Crippen LogP contribution in [0.25, 0.3) is 0 Å². The summed E-state index contributed by atoms with van der Waals surface area (Å²) in [6.45, 7) is 7.80. The van der Waals surface area contributed by atoms with Crippen molar-refractivity contribution in [1.29, 1.82) is 0 Å². The maximum Gasteiger partial charge on any atom is 0.0805 e. The van der Waals surface area contributed by atoms with E-state index in [-0.39, 0.29) is 34.4 Å². The molecule has 9 rings (SSSR count). The molecule has 5 nitrogen and oxygen atoms in total. The van der Waals surface area contributed by atoms with Gasteiger partial charge in [0.25, 0.3) is 0 Å². The van der Waals surface area contributed by atoms with Gasteiger partial charge in [0.05, 0.1) is 17.8 Å². The predicted octanol–water partition coefficient (Wildman–Crippen LogP) is 8.21. The Labute approximate surface area is 303 Å². The van der Waals surface area contributed by atoms with Crippen LogP contribution in [0.15, 0.2) is 30.3 Å². The van der Waals surface area contributed by atoms with Crippen molar-refractivity contribution in [2.75, 3.05) is 26.8 Å². The number of ether oxygens (including phenoxy) is 1. The minimum absolute atomic E-state index is 0.0110. The maximum absolute atomic E-state index is 12.3. The Kier molecular flexibility index (Phi) is 8.91. The smallest absolute Gasteiger partial charge is 0.0805 e. The lowest BCUT2D eigenvalue weighted by atomic mass is 9.38. The Bertz CT molecular complexity index is 1370. The van der Waals surface area contributed by atoms with Gasteiger partial charge in [-0.1, -0.05) is 43.7 Å². The highest BCUT2D eigenvalue weighted by Gasteiger charge is 2.73. The highest BCUT2D eigenvalue weighted by atomic mass is 16.5. The molecule has 2 bridgehead atoms. The molecule has 3 N–H and O–H groups in total. The number of nitrogens with zero attached hydrogens (tertiary/aromatic N) is 1. The van der Waals surface area contributed by atoms with Crippen LogP contribution in [-0.4, -0.2) is 70.9 Å². The summed E-state index contributed by atoms with van der Waals surface area (Å²) in [7, 11) is 1.82. The molecule has 2 saturated heterocycles. The van der Waals surface area contributed by atoms with Gasteiger partial charge in [0.15, 0.2) is 0 Å². The Morgan fingerprint density at radius 1 is 0.880 bits per heavy atom. The topological polar surface area (TPSA) is 73.2 Å². The average molecular weight is 688 g/mol. The van der Waals surface area contributed by atoms with E-state index in [4.69, 9.17) is 4.74 Å². The van der Waals surface area contributed by atoms with Crippen LogP contribution >= 0.6 is 0 Å². The Hall–Kier alpha value is -0.980. The molecule has 6 saturated carbocycles. The minimum atomic E-state index is -0.589. The van der Waals surface area contributed by atoms with Gasteiger partial charge in [-0.25, -0.2) is 0 Å². The lowest BCUT2D eigenvalue weighted by molar-refractivity contribution is -0.231. The van der Waals surface area contributed by atoms with E-state index in [0.29, 0.717) is 47.5 Å². The molecule has 16 atom stereocenters. The predicted molar refractivity (Wildman–Crippen MR) is 198 cm³/mol. The standard InChI is InChI=1S/C45H69NO4/c1-29-12-15-40-42(2,49)35-13-14-36-33(34(35)27-46(40)26-29)22-39-44(36)17-8-18-45(39)28-43(41(48)23-37(45)38(47)25-44)19-16-30(24-43)21-32(11-7-20-50-3)31-9-5-4-6-10-31/h4-6,9-10,29-30,32-41,47-49H,7-8,11-28H2,1-3H3. The third kappa shape index (κ3) is 5.23. The summed E-state index contributed by atoms with van der Waals surface area (Å²) in [6, 6.07) is 11.5. The van der Waals surface area contributed by atoms with Crippen molar-refractivity contribution >= 4 is 0 Å². The van der Waals surface area contributed by atoms with Gasteiger partial charge in [0, 0.05) is 32.8 Å².